The Bertz CT molecular complexity index is 1080. The third-order valence-electron chi connectivity index (χ3n) is 4.98. The molecule has 1 saturated heterocycles. The van der Waals surface area contributed by atoms with Crippen molar-refractivity contribution >= 4 is 29.0 Å². The molecule has 3 amide bonds. The maximum Gasteiger partial charge on any atom is 0.332 e. The molecule has 0 bridgehead atoms. The minimum Gasteiger partial charge on any atom is -0.493 e. The second kappa shape index (κ2) is 8.16. The van der Waals surface area contributed by atoms with Gasteiger partial charge in [-0.3, -0.25) is 14.6 Å². The summed E-state index contributed by atoms with van der Waals surface area (Å²) in [5.74, 6) is 1.02. The van der Waals surface area contributed by atoms with Gasteiger partial charge in [0.2, 0.25) is 0 Å². The monoisotopic (exact) mass is 423 g/mol. The van der Waals surface area contributed by atoms with Crippen molar-refractivity contribution in [2.24, 2.45) is 0 Å². The standard InChI is InChI=1S/C22H21N3O4S/c1-14-21(26)24(22(27)25(14)17-7-5-4-6-8-17)12-16-13-30-20(23-16)15-9-10-18(28-2)19(11-15)29-3/h4-11,13-14H,12H2,1-3H3/t14-/m0/s1. The number of methoxy groups -OCH3 is 2. The van der Waals surface area contributed by atoms with Crippen LogP contribution in [0.2, 0.25) is 0 Å². The third-order valence-corrected chi connectivity index (χ3v) is 5.92. The first-order chi connectivity index (χ1) is 14.5. The van der Waals surface area contributed by atoms with Crippen LogP contribution in [0, 0.1) is 0 Å². The van der Waals surface area contributed by atoms with E-state index in [2.05, 4.69) is 4.98 Å². The molecule has 154 valence electrons. The predicted molar refractivity (Wildman–Crippen MR) is 115 cm³/mol. The number of hydrogen-bond donors (Lipinski definition) is 0. The molecule has 0 saturated carbocycles. The maximum atomic E-state index is 12.9. The highest BCUT2D eigenvalue weighted by atomic mass is 32.1. The second-order valence-electron chi connectivity index (χ2n) is 6.80. The molecule has 3 aromatic rings. The van der Waals surface area contributed by atoms with E-state index in [0.717, 1.165) is 10.6 Å². The first-order valence-corrected chi connectivity index (χ1v) is 10.3. The largest absolute Gasteiger partial charge is 0.493 e. The smallest absolute Gasteiger partial charge is 0.332 e. The van der Waals surface area contributed by atoms with Gasteiger partial charge in [-0.25, -0.2) is 9.78 Å². The van der Waals surface area contributed by atoms with Crippen molar-refractivity contribution in [2.75, 3.05) is 19.1 Å². The van der Waals surface area contributed by atoms with Gasteiger partial charge in [0.1, 0.15) is 11.0 Å². The average molecular weight is 423 g/mol. The van der Waals surface area contributed by atoms with Gasteiger partial charge in [0, 0.05) is 16.6 Å². The molecule has 1 fully saturated rings. The molecule has 1 aliphatic rings. The fourth-order valence-corrected chi connectivity index (χ4v) is 4.25. The van der Waals surface area contributed by atoms with Gasteiger partial charge in [0.05, 0.1) is 26.5 Å². The van der Waals surface area contributed by atoms with E-state index in [-0.39, 0.29) is 18.5 Å². The number of hydrogen-bond acceptors (Lipinski definition) is 6. The van der Waals surface area contributed by atoms with Crippen molar-refractivity contribution in [1.29, 1.82) is 0 Å². The number of anilines is 1. The van der Waals surface area contributed by atoms with Crippen LogP contribution in [-0.2, 0) is 11.3 Å². The molecule has 0 N–H and O–H groups in total. The highest BCUT2D eigenvalue weighted by Gasteiger charge is 2.43. The summed E-state index contributed by atoms with van der Waals surface area (Å²) in [7, 11) is 3.17. The van der Waals surface area contributed by atoms with Gasteiger partial charge in [-0.2, -0.15) is 0 Å². The zero-order valence-corrected chi connectivity index (χ0v) is 17.7. The molecule has 1 atom stereocenters. The topological polar surface area (TPSA) is 72.0 Å². The van der Waals surface area contributed by atoms with Gasteiger partial charge in [0.15, 0.2) is 11.5 Å². The molecule has 0 unspecified atom stereocenters. The van der Waals surface area contributed by atoms with E-state index in [0.29, 0.717) is 22.9 Å². The van der Waals surface area contributed by atoms with E-state index in [1.54, 1.807) is 21.1 Å². The van der Waals surface area contributed by atoms with Crippen LogP contribution in [-0.4, -0.2) is 42.1 Å². The van der Waals surface area contributed by atoms with E-state index in [1.807, 2.05) is 53.9 Å². The number of urea groups is 1. The second-order valence-corrected chi connectivity index (χ2v) is 7.66. The van der Waals surface area contributed by atoms with E-state index >= 15 is 0 Å². The van der Waals surface area contributed by atoms with Crippen LogP contribution in [0.25, 0.3) is 10.6 Å². The summed E-state index contributed by atoms with van der Waals surface area (Å²) in [6.45, 7) is 1.87. The summed E-state index contributed by atoms with van der Waals surface area (Å²) in [6, 6.07) is 13.9. The fourth-order valence-electron chi connectivity index (χ4n) is 3.44. The number of amides is 3. The quantitative estimate of drug-likeness (QED) is 0.556. The number of aromatic nitrogens is 1. The number of benzene rings is 2. The highest BCUT2D eigenvalue weighted by Crippen LogP contribution is 2.34. The molecule has 7 nitrogen and oxygen atoms in total. The molecular weight excluding hydrogens is 402 g/mol. The molecular formula is C22H21N3O4S. The Morgan fingerprint density at radius 3 is 2.47 bits per heavy atom. The number of para-hydroxylation sites is 1. The van der Waals surface area contributed by atoms with Crippen LogP contribution >= 0.6 is 11.3 Å². The Kier molecular flexibility index (Phi) is 5.41. The lowest BCUT2D eigenvalue weighted by Gasteiger charge is -2.19. The normalized spacial score (nSPS) is 16.3. The zero-order chi connectivity index (χ0) is 21.3. The van der Waals surface area contributed by atoms with Crippen molar-refractivity contribution in [3.63, 3.8) is 0 Å². The van der Waals surface area contributed by atoms with Crippen molar-refractivity contribution in [1.82, 2.24) is 9.88 Å². The molecule has 1 aliphatic heterocycles. The lowest BCUT2D eigenvalue weighted by Crippen LogP contribution is -2.33. The maximum absolute atomic E-state index is 12.9. The average Bonchev–Trinajstić information content (AvgIpc) is 3.33. The number of ether oxygens (including phenoxy) is 2. The summed E-state index contributed by atoms with van der Waals surface area (Å²) in [6.07, 6.45) is 0. The van der Waals surface area contributed by atoms with Crippen LogP contribution in [0.5, 0.6) is 11.5 Å². The number of nitrogens with zero attached hydrogens (tertiary/aromatic N) is 3. The fraction of sp³-hybridized carbons (Fsp3) is 0.227. The van der Waals surface area contributed by atoms with Crippen LogP contribution in [0.1, 0.15) is 12.6 Å². The highest BCUT2D eigenvalue weighted by molar-refractivity contribution is 7.13. The number of thiazole rings is 1. The number of imide groups is 1. The lowest BCUT2D eigenvalue weighted by atomic mass is 10.2. The van der Waals surface area contributed by atoms with E-state index in [9.17, 15) is 9.59 Å². The molecule has 0 aliphatic carbocycles. The van der Waals surface area contributed by atoms with Gasteiger partial charge >= 0.3 is 6.03 Å². The lowest BCUT2D eigenvalue weighted by molar-refractivity contribution is -0.127. The molecule has 2 aromatic carbocycles. The number of rotatable bonds is 6. The summed E-state index contributed by atoms with van der Waals surface area (Å²) in [5, 5.41) is 2.64. The first-order valence-electron chi connectivity index (χ1n) is 9.40. The van der Waals surface area contributed by atoms with Gasteiger partial charge in [-0.05, 0) is 37.3 Å². The molecule has 0 spiro atoms. The van der Waals surface area contributed by atoms with Crippen molar-refractivity contribution in [2.45, 2.75) is 19.5 Å². The van der Waals surface area contributed by atoms with Crippen LogP contribution < -0.4 is 14.4 Å². The third kappa shape index (κ3) is 3.50. The summed E-state index contributed by atoms with van der Waals surface area (Å²) < 4.78 is 10.6. The Balaban J connectivity index is 1.55. The Labute approximate surface area is 178 Å². The summed E-state index contributed by atoms with van der Waals surface area (Å²) in [5.41, 5.74) is 2.24. The molecule has 2 heterocycles. The van der Waals surface area contributed by atoms with Crippen LogP contribution in [0.4, 0.5) is 10.5 Å². The Hall–Kier alpha value is -3.39. The number of carbonyl (C=O) groups is 2. The molecule has 4 rings (SSSR count). The van der Waals surface area contributed by atoms with Gasteiger partial charge in [-0.15, -0.1) is 11.3 Å². The van der Waals surface area contributed by atoms with Crippen molar-refractivity contribution in [3.8, 4) is 22.1 Å². The molecule has 8 heteroatoms. The van der Waals surface area contributed by atoms with Crippen molar-refractivity contribution < 1.29 is 19.1 Å². The Morgan fingerprint density at radius 1 is 1.03 bits per heavy atom. The summed E-state index contributed by atoms with van der Waals surface area (Å²) >= 11 is 1.45. The number of carbonyl (C=O) groups excluding carboxylic acids is 2. The van der Waals surface area contributed by atoms with E-state index < -0.39 is 6.04 Å². The van der Waals surface area contributed by atoms with E-state index in [4.69, 9.17) is 9.47 Å². The molecule has 30 heavy (non-hydrogen) atoms. The van der Waals surface area contributed by atoms with Gasteiger partial charge in [-0.1, -0.05) is 18.2 Å². The molecule has 1 aromatic heterocycles. The van der Waals surface area contributed by atoms with Gasteiger partial charge < -0.3 is 9.47 Å². The van der Waals surface area contributed by atoms with Crippen LogP contribution in [0.15, 0.2) is 53.9 Å². The first kappa shape index (κ1) is 19.9. The van der Waals surface area contributed by atoms with Crippen LogP contribution in [0.3, 0.4) is 0 Å². The van der Waals surface area contributed by atoms with Gasteiger partial charge in [0.25, 0.3) is 5.91 Å². The predicted octanol–water partition coefficient (Wildman–Crippen LogP) is 4.18. The zero-order valence-electron chi connectivity index (χ0n) is 16.9. The van der Waals surface area contributed by atoms with E-state index in [1.165, 1.54) is 21.1 Å². The summed E-state index contributed by atoms with van der Waals surface area (Å²) in [4.78, 5) is 33.1. The Morgan fingerprint density at radius 2 is 1.77 bits per heavy atom. The molecule has 0 radical (unpaired) electrons. The minimum absolute atomic E-state index is 0.134. The minimum atomic E-state index is -0.552. The van der Waals surface area contributed by atoms with Crippen molar-refractivity contribution in [3.05, 3.63) is 59.6 Å². The SMILES string of the molecule is COc1ccc(-c2nc(CN3C(=O)[C@H](C)N(c4ccccc4)C3=O)cs2)cc1OC.